The minimum absolute atomic E-state index is 0.0136. The standard InChI is InChI=1S/C23H36O2/c1-5-15(2)19-14-20-18(23(25)11-6-10-22(19,23)4)8-7-16-13-17(24)9-12-21(16,20)3/h16-20,24-25H,1,6-14H2,2-4H3. The highest BCUT2D eigenvalue weighted by Crippen LogP contribution is 2.70. The van der Waals surface area contributed by atoms with Crippen LogP contribution in [0.4, 0.5) is 0 Å². The normalized spacial score (nSPS) is 54.8. The van der Waals surface area contributed by atoms with E-state index in [1.54, 1.807) is 0 Å². The SMILES string of the molecule is C=C=C(C)C1CC2C(CCC3CC(O)CCC32C)C2(O)CCCC12C. The smallest absolute Gasteiger partial charge is 0.0737 e. The second kappa shape index (κ2) is 5.72. The molecule has 0 aromatic rings. The fourth-order valence-electron chi connectivity index (χ4n) is 7.98. The lowest BCUT2D eigenvalue weighted by atomic mass is 9.41. The van der Waals surface area contributed by atoms with Crippen molar-refractivity contribution in [1.82, 2.24) is 0 Å². The number of rotatable bonds is 1. The molecule has 2 nitrogen and oxygen atoms in total. The largest absolute Gasteiger partial charge is 0.393 e. The molecule has 2 heteroatoms. The van der Waals surface area contributed by atoms with Crippen LogP contribution in [0.15, 0.2) is 17.9 Å². The van der Waals surface area contributed by atoms with E-state index in [-0.39, 0.29) is 16.9 Å². The van der Waals surface area contributed by atoms with Crippen molar-refractivity contribution in [3.63, 3.8) is 0 Å². The summed E-state index contributed by atoms with van der Waals surface area (Å²) >= 11 is 0. The molecule has 4 rings (SSSR count). The lowest BCUT2D eigenvalue weighted by Crippen LogP contribution is -2.64. The number of allylic oxidation sites excluding steroid dienone is 1. The summed E-state index contributed by atoms with van der Waals surface area (Å²) in [5, 5.41) is 22.2. The van der Waals surface area contributed by atoms with Crippen LogP contribution in [-0.2, 0) is 0 Å². The van der Waals surface area contributed by atoms with E-state index in [0.717, 1.165) is 44.9 Å². The highest BCUT2D eigenvalue weighted by Gasteiger charge is 2.67. The predicted molar refractivity (Wildman–Crippen MR) is 101 cm³/mol. The van der Waals surface area contributed by atoms with Gasteiger partial charge in [-0.25, -0.2) is 0 Å². The van der Waals surface area contributed by atoms with Gasteiger partial charge in [-0.2, -0.15) is 0 Å². The van der Waals surface area contributed by atoms with E-state index >= 15 is 0 Å². The average molecular weight is 345 g/mol. The molecule has 0 radical (unpaired) electrons. The molecule has 140 valence electrons. The Labute approximate surface area is 153 Å². The molecular weight excluding hydrogens is 308 g/mol. The highest BCUT2D eigenvalue weighted by molar-refractivity contribution is 5.22. The first-order valence-corrected chi connectivity index (χ1v) is 10.5. The third kappa shape index (κ3) is 2.23. The molecule has 0 spiro atoms. The van der Waals surface area contributed by atoms with Crippen molar-refractivity contribution in [2.24, 2.45) is 34.5 Å². The maximum absolute atomic E-state index is 12.0. The lowest BCUT2D eigenvalue weighted by molar-refractivity contribution is -0.217. The first-order valence-electron chi connectivity index (χ1n) is 10.5. The Morgan fingerprint density at radius 1 is 1.04 bits per heavy atom. The maximum Gasteiger partial charge on any atom is 0.0737 e. The van der Waals surface area contributed by atoms with E-state index in [2.05, 4.69) is 33.1 Å². The van der Waals surface area contributed by atoms with E-state index < -0.39 is 5.60 Å². The van der Waals surface area contributed by atoms with E-state index in [4.69, 9.17) is 0 Å². The van der Waals surface area contributed by atoms with Crippen molar-refractivity contribution >= 4 is 0 Å². The van der Waals surface area contributed by atoms with Crippen molar-refractivity contribution in [3.8, 4) is 0 Å². The van der Waals surface area contributed by atoms with Crippen molar-refractivity contribution in [2.75, 3.05) is 0 Å². The van der Waals surface area contributed by atoms with Crippen molar-refractivity contribution < 1.29 is 10.2 Å². The van der Waals surface area contributed by atoms with E-state index in [1.165, 1.54) is 18.4 Å². The quantitative estimate of drug-likeness (QED) is 0.667. The van der Waals surface area contributed by atoms with Crippen LogP contribution in [0, 0.1) is 34.5 Å². The summed E-state index contributed by atoms with van der Waals surface area (Å²) in [6.45, 7) is 10.9. The third-order valence-electron chi connectivity index (χ3n) is 9.58. The summed E-state index contributed by atoms with van der Waals surface area (Å²) in [7, 11) is 0. The number of fused-ring (bicyclic) bond motifs is 5. The first-order chi connectivity index (χ1) is 11.8. The molecule has 25 heavy (non-hydrogen) atoms. The Balaban J connectivity index is 1.77. The summed E-state index contributed by atoms with van der Waals surface area (Å²) in [5.74, 6) is 2.04. The Kier molecular flexibility index (Phi) is 4.08. The molecule has 8 unspecified atom stereocenters. The molecule has 0 heterocycles. The number of aliphatic hydroxyl groups is 2. The molecule has 4 aliphatic rings. The highest BCUT2D eigenvalue weighted by atomic mass is 16.3. The Morgan fingerprint density at radius 3 is 2.52 bits per heavy atom. The molecule has 4 saturated carbocycles. The fourth-order valence-corrected chi connectivity index (χ4v) is 7.98. The number of hydrogen-bond acceptors (Lipinski definition) is 2. The van der Waals surface area contributed by atoms with Crippen LogP contribution in [0.2, 0.25) is 0 Å². The van der Waals surface area contributed by atoms with Gasteiger partial charge in [0.15, 0.2) is 0 Å². The van der Waals surface area contributed by atoms with Gasteiger partial charge in [-0.3, -0.25) is 0 Å². The summed E-state index contributed by atoms with van der Waals surface area (Å²) in [5.41, 5.74) is 4.19. The molecule has 0 saturated heterocycles. The molecule has 0 aromatic carbocycles. The second-order valence-electron chi connectivity index (χ2n) is 10.3. The molecule has 0 bridgehead atoms. The molecular formula is C23H36O2. The zero-order valence-electron chi connectivity index (χ0n) is 16.4. The van der Waals surface area contributed by atoms with Crippen LogP contribution < -0.4 is 0 Å². The van der Waals surface area contributed by atoms with Gasteiger partial charge < -0.3 is 10.2 Å². The van der Waals surface area contributed by atoms with Crippen LogP contribution in [0.1, 0.15) is 78.6 Å². The van der Waals surface area contributed by atoms with Gasteiger partial charge in [0.1, 0.15) is 0 Å². The van der Waals surface area contributed by atoms with Gasteiger partial charge in [0.2, 0.25) is 0 Å². The van der Waals surface area contributed by atoms with Crippen molar-refractivity contribution in [2.45, 2.75) is 90.3 Å². The van der Waals surface area contributed by atoms with Crippen LogP contribution in [0.5, 0.6) is 0 Å². The number of aliphatic hydroxyl groups excluding tert-OH is 1. The monoisotopic (exact) mass is 344 g/mol. The third-order valence-corrected chi connectivity index (χ3v) is 9.58. The minimum atomic E-state index is -0.525. The van der Waals surface area contributed by atoms with Crippen molar-refractivity contribution in [3.05, 3.63) is 17.9 Å². The lowest BCUT2D eigenvalue weighted by Gasteiger charge is -2.65. The van der Waals surface area contributed by atoms with Gasteiger partial charge in [0.05, 0.1) is 11.7 Å². The van der Waals surface area contributed by atoms with Crippen LogP contribution >= 0.6 is 0 Å². The summed E-state index contributed by atoms with van der Waals surface area (Å²) in [4.78, 5) is 0. The topological polar surface area (TPSA) is 40.5 Å². The predicted octanol–water partition coefficient (Wildman–Crippen LogP) is 4.85. The van der Waals surface area contributed by atoms with Gasteiger partial charge in [-0.15, -0.1) is 5.73 Å². The Morgan fingerprint density at radius 2 is 1.80 bits per heavy atom. The second-order valence-corrected chi connectivity index (χ2v) is 10.3. The molecule has 0 aliphatic heterocycles. The molecule has 4 aliphatic carbocycles. The van der Waals surface area contributed by atoms with Gasteiger partial charge in [-0.1, -0.05) is 20.4 Å². The zero-order chi connectivity index (χ0) is 18.0. The molecule has 4 fully saturated rings. The number of hydrogen-bond donors (Lipinski definition) is 2. The van der Waals surface area contributed by atoms with Gasteiger partial charge in [0, 0.05) is 5.41 Å². The zero-order valence-corrected chi connectivity index (χ0v) is 16.4. The van der Waals surface area contributed by atoms with Gasteiger partial charge in [0.25, 0.3) is 0 Å². The minimum Gasteiger partial charge on any atom is -0.393 e. The fraction of sp³-hybridized carbons (Fsp3) is 0.870. The molecule has 8 atom stereocenters. The first kappa shape index (κ1) is 17.8. The summed E-state index contributed by atoms with van der Waals surface area (Å²) in [6.07, 6.45) is 9.69. The van der Waals surface area contributed by atoms with Gasteiger partial charge in [-0.05, 0) is 99.4 Å². The Hall–Kier alpha value is -0.560. The molecule has 0 amide bonds. The van der Waals surface area contributed by atoms with Crippen LogP contribution in [-0.4, -0.2) is 21.9 Å². The van der Waals surface area contributed by atoms with Crippen LogP contribution in [0.3, 0.4) is 0 Å². The average Bonchev–Trinajstić information content (AvgIpc) is 2.90. The van der Waals surface area contributed by atoms with E-state index in [0.29, 0.717) is 23.7 Å². The molecule has 0 aromatic heterocycles. The van der Waals surface area contributed by atoms with E-state index in [1.807, 2.05) is 0 Å². The summed E-state index contributed by atoms with van der Waals surface area (Å²) < 4.78 is 0. The van der Waals surface area contributed by atoms with Crippen LogP contribution in [0.25, 0.3) is 0 Å². The maximum atomic E-state index is 12.0. The van der Waals surface area contributed by atoms with E-state index in [9.17, 15) is 10.2 Å². The molecule has 2 N–H and O–H groups in total. The van der Waals surface area contributed by atoms with Gasteiger partial charge >= 0.3 is 0 Å². The summed E-state index contributed by atoms with van der Waals surface area (Å²) in [6, 6.07) is 0. The van der Waals surface area contributed by atoms with Crippen molar-refractivity contribution in [1.29, 1.82) is 0 Å². The Bertz CT molecular complexity index is 605.